The average molecular weight is 616 g/mol. The van der Waals surface area contributed by atoms with Gasteiger partial charge in [0.05, 0.1) is 32.9 Å². The molecular weight excluding hydrogens is 589 g/mol. The van der Waals surface area contributed by atoms with Crippen molar-refractivity contribution in [2.45, 2.75) is 18.3 Å². The van der Waals surface area contributed by atoms with Gasteiger partial charge in [-0.05, 0) is 43.1 Å². The Morgan fingerprint density at radius 1 is 1.17 bits per heavy atom. The second kappa shape index (κ2) is 11.6. The Morgan fingerprint density at radius 3 is 2.89 bits per heavy atom. The number of likely N-dealkylation sites (N-methyl/N-ethyl adjacent to an activating group) is 1. The van der Waals surface area contributed by atoms with E-state index in [9.17, 15) is 4.79 Å². The number of anilines is 3. The predicted molar refractivity (Wildman–Crippen MR) is 170 cm³/mol. The number of hydrogen-bond acceptors (Lipinski definition) is 11. The smallest absolute Gasteiger partial charge is 0.246 e. The van der Waals surface area contributed by atoms with Crippen LogP contribution in [-0.2, 0) is 4.79 Å². The Hall–Kier alpha value is -5.24. The van der Waals surface area contributed by atoms with Crippen LogP contribution in [0.5, 0.6) is 17.2 Å². The van der Waals surface area contributed by atoms with Crippen LogP contribution in [0.1, 0.15) is 5.56 Å². The third-order valence-corrected chi connectivity index (χ3v) is 7.99. The van der Waals surface area contributed by atoms with Gasteiger partial charge in [0.25, 0.3) is 0 Å². The van der Waals surface area contributed by atoms with E-state index in [1.54, 1.807) is 46.9 Å². The number of aryl methyl sites for hydroxylation is 1. The largest absolute Gasteiger partial charge is 0.487 e. The summed E-state index contributed by atoms with van der Waals surface area (Å²) in [7, 11) is 13.3. The van der Waals surface area contributed by atoms with Crippen LogP contribution in [0, 0.1) is 12.7 Å². The van der Waals surface area contributed by atoms with Crippen LogP contribution in [0.25, 0.3) is 16.7 Å². The standard InChI is InChI=1S/C30H27B2FN10O3/c1-17-9-21(20(33)11-23(17)46-19-4-6-43-25(10-19)36-16-38-43)39-28-27-22(35-15-37-28)12-24-29(40-27)41-7-8-42(18(13-41)14-45-24)26(44)3-5-30(31,32)34-2/h3-6,9-12,15-16,18,34H,7-8,13-14H2,1-2H3,(H,35,37,39)/b5-3+/t18-/m0/s1. The number of piperazine rings is 1. The summed E-state index contributed by atoms with van der Waals surface area (Å²) in [6, 6.07) is 7.96. The summed E-state index contributed by atoms with van der Waals surface area (Å²) in [4.78, 5) is 34.6. The third-order valence-electron chi connectivity index (χ3n) is 7.99. The summed E-state index contributed by atoms with van der Waals surface area (Å²) in [6.07, 6.45) is 7.35. The van der Waals surface area contributed by atoms with Crippen molar-refractivity contribution in [2.24, 2.45) is 0 Å². The Morgan fingerprint density at radius 2 is 2.04 bits per heavy atom. The number of benzene rings is 1. The van der Waals surface area contributed by atoms with E-state index >= 15 is 4.39 Å². The van der Waals surface area contributed by atoms with Crippen LogP contribution in [0.2, 0.25) is 0 Å². The van der Waals surface area contributed by atoms with Crippen LogP contribution >= 0.6 is 0 Å². The molecule has 0 aliphatic carbocycles. The molecule has 7 rings (SSSR count). The second-order valence-electron chi connectivity index (χ2n) is 11.1. The van der Waals surface area contributed by atoms with Crippen molar-refractivity contribution in [3.63, 3.8) is 0 Å². The van der Waals surface area contributed by atoms with Crippen molar-refractivity contribution < 1.29 is 18.7 Å². The molecule has 1 saturated heterocycles. The number of amides is 1. The fraction of sp³-hybridized carbons (Fsp3) is 0.267. The molecule has 16 heteroatoms. The maximum atomic E-state index is 15.4. The quantitative estimate of drug-likeness (QED) is 0.206. The molecule has 1 fully saturated rings. The Labute approximate surface area is 265 Å². The Kier molecular flexibility index (Phi) is 7.43. The first-order valence-electron chi connectivity index (χ1n) is 14.5. The fourth-order valence-electron chi connectivity index (χ4n) is 5.42. The molecule has 6 heterocycles. The molecule has 4 aromatic heterocycles. The summed E-state index contributed by atoms with van der Waals surface area (Å²) >= 11 is 0. The van der Waals surface area contributed by atoms with E-state index in [0.717, 1.165) is 0 Å². The fourth-order valence-corrected chi connectivity index (χ4v) is 5.42. The van der Waals surface area contributed by atoms with Gasteiger partial charge in [-0.25, -0.2) is 28.8 Å². The number of halogens is 1. The van der Waals surface area contributed by atoms with Crippen molar-refractivity contribution in [1.29, 1.82) is 0 Å². The molecule has 2 N–H and O–H groups in total. The van der Waals surface area contributed by atoms with Gasteiger partial charge in [0.1, 0.15) is 42.1 Å². The first kappa shape index (κ1) is 29.5. The Bertz CT molecular complexity index is 2010. The predicted octanol–water partition coefficient (Wildman–Crippen LogP) is 2.23. The van der Waals surface area contributed by atoms with Crippen LogP contribution < -0.4 is 25.0 Å². The van der Waals surface area contributed by atoms with Gasteiger partial charge in [-0.2, -0.15) is 5.10 Å². The highest BCUT2D eigenvalue weighted by Gasteiger charge is 2.35. The lowest BCUT2D eigenvalue weighted by molar-refractivity contribution is -0.129. The second-order valence-corrected chi connectivity index (χ2v) is 11.1. The molecule has 1 amide bonds. The number of fused-ring (bicyclic) bond motifs is 6. The first-order chi connectivity index (χ1) is 22.2. The molecule has 0 saturated carbocycles. The van der Waals surface area contributed by atoms with Crippen molar-refractivity contribution >= 4 is 55.6 Å². The van der Waals surface area contributed by atoms with E-state index in [4.69, 9.17) is 30.2 Å². The number of aromatic nitrogens is 6. The normalized spacial score (nSPS) is 16.4. The molecule has 4 radical (unpaired) electrons. The van der Waals surface area contributed by atoms with E-state index in [0.29, 0.717) is 70.8 Å². The molecule has 0 unspecified atom stereocenters. The molecule has 5 aromatic rings. The van der Waals surface area contributed by atoms with Gasteiger partial charge < -0.3 is 29.9 Å². The number of rotatable bonds is 7. The van der Waals surface area contributed by atoms with E-state index in [1.807, 2.05) is 6.92 Å². The highest BCUT2D eigenvalue weighted by molar-refractivity contribution is 6.41. The number of carbonyl (C=O) groups excluding carboxylic acids is 1. The monoisotopic (exact) mass is 616 g/mol. The molecule has 46 heavy (non-hydrogen) atoms. The number of carbonyl (C=O) groups is 1. The van der Waals surface area contributed by atoms with Crippen molar-refractivity contribution in [1.82, 2.24) is 39.8 Å². The third kappa shape index (κ3) is 5.67. The molecule has 1 aromatic carbocycles. The summed E-state index contributed by atoms with van der Waals surface area (Å²) in [5.74, 6) is 1.57. The molecular formula is C30H27B2FN10O3. The minimum Gasteiger partial charge on any atom is -0.487 e. The topological polar surface area (TPSA) is 135 Å². The van der Waals surface area contributed by atoms with Gasteiger partial charge in [-0.1, -0.05) is 6.08 Å². The van der Waals surface area contributed by atoms with Gasteiger partial charge in [0.2, 0.25) is 5.91 Å². The minimum atomic E-state index is -1.30. The van der Waals surface area contributed by atoms with Gasteiger partial charge in [0, 0.05) is 44.0 Å². The highest BCUT2D eigenvalue weighted by atomic mass is 19.1. The van der Waals surface area contributed by atoms with E-state index in [2.05, 4.69) is 35.6 Å². The molecule has 2 bridgehead atoms. The minimum absolute atomic E-state index is 0.197. The molecule has 2 aliphatic heterocycles. The van der Waals surface area contributed by atoms with Crippen molar-refractivity contribution in [3.05, 3.63) is 72.7 Å². The zero-order chi connectivity index (χ0) is 32.0. The number of ether oxygens (including phenoxy) is 2. The zero-order valence-electron chi connectivity index (χ0n) is 25.0. The van der Waals surface area contributed by atoms with Crippen molar-refractivity contribution in [2.75, 3.05) is 43.5 Å². The first-order valence-corrected chi connectivity index (χ1v) is 14.5. The molecule has 1 atom stereocenters. The van der Waals surface area contributed by atoms with Gasteiger partial charge >= 0.3 is 0 Å². The van der Waals surface area contributed by atoms with E-state index in [1.165, 1.54) is 30.9 Å². The lowest BCUT2D eigenvalue weighted by atomic mass is 9.62. The van der Waals surface area contributed by atoms with E-state index in [-0.39, 0.29) is 24.2 Å². The lowest BCUT2D eigenvalue weighted by Gasteiger charge is -2.39. The molecule has 228 valence electrons. The SMILES string of the molecule is [B]C([B])(/C=C/C(=O)N1CCN2C[C@H]1COc1cc3ncnc(Nc4cc(C)c(Oc5ccn6ncnc6c5)cc4F)c3nc12)NC. The van der Waals surface area contributed by atoms with Crippen molar-refractivity contribution in [3.8, 4) is 17.2 Å². The number of pyridine rings is 2. The molecule has 13 nitrogen and oxygen atoms in total. The van der Waals surface area contributed by atoms with Gasteiger partial charge in [0.15, 0.2) is 23.0 Å². The van der Waals surface area contributed by atoms with E-state index < -0.39 is 11.2 Å². The molecule has 2 aliphatic rings. The Balaban J connectivity index is 1.12. The molecule has 0 spiro atoms. The van der Waals surface area contributed by atoms with Gasteiger partial charge in [-0.15, -0.1) is 0 Å². The summed E-state index contributed by atoms with van der Waals surface area (Å²) in [5, 5.41) is 8.59. The summed E-state index contributed by atoms with van der Waals surface area (Å²) in [5.41, 5.74) is 2.46. The number of nitrogens with zero attached hydrogens (tertiary/aromatic N) is 8. The lowest BCUT2D eigenvalue weighted by Crippen LogP contribution is -2.56. The average Bonchev–Trinajstić information content (AvgIpc) is 3.47. The van der Waals surface area contributed by atoms with Crippen LogP contribution in [0.15, 0.2) is 61.3 Å². The van der Waals surface area contributed by atoms with Gasteiger partial charge in [-0.3, -0.25) is 4.79 Å². The van der Waals surface area contributed by atoms with Crippen LogP contribution in [-0.4, -0.2) is 101 Å². The van der Waals surface area contributed by atoms with Crippen LogP contribution in [0.4, 0.5) is 21.7 Å². The van der Waals surface area contributed by atoms with Crippen LogP contribution in [0.3, 0.4) is 0 Å². The summed E-state index contributed by atoms with van der Waals surface area (Å²) < 4.78 is 29.2. The zero-order valence-corrected chi connectivity index (χ0v) is 25.0. The number of nitrogens with one attached hydrogen (secondary N) is 2. The maximum absolute atomic E-state index is 15.4. The highest BCUT2D eigenvalue weighted by Crippen LogP contribution is 2.37. The summed E-state index contributed by atoms with van der Waals surface area (Å²) in [6.45, 7) is 3.55. The maximum Gasteiger partial charge on any atom is 0.246 e. The number of hydrogen-bond donors (Lipinski definition) is 2.